The van der Waals surface area contributed by atoms with Crippen LogP contribution in [-0.2, 0) is 13.0 Å². The van der Waals surface area contributed by atoms with Gasteiger partial charge in [0.15, 0.2) is 0 Å². The van der Waals surface area contributed by atoms with Crippen LogP contribution >= 0.6 is 23.2 Å². The lowest BCUT2D eigenvalue weighted by atomic mass is 10.1. The number of aromatic nitrogens is 1. The van der Waals surface area contributed by atoms with Crippen LogP contribution in [0.25, 0.3) is 0 Å². The summed E-state index contributed by atoms with van der Waals surface area (Å²) in [6.07, 6.45) is 2.43. The molecular weight excluding hydrogens is 367 g/mol. The number of halogens is 2. The molecule has 1 amide bonds. The van der Waals surface area contributed by atoms with Crippen LogP contribution < -0.4 is 0 Å². The number of carbonyl (C=O) groups excluding carboxylic acids is 1. The average molecular weight is 385 g/mol. The van der Waals surface area contributed by atoms with Gasteiger partial charge in [-0.25, -0.2) is 0 Å². The Morgan fingerprint density at radius 2 is 1.65 bits per heavy atom. The quantitative estimate of drug-likeness (QED) is 0.579. The van der Waals surface area contributed by atoms with Crippen LogP contribution in [0, 0.1) is 0 Å². The topological polar surface area (TPSA) is 33.2 Å². The minimum Gasteiger partial charge on any atom is -0.334 e. The Labute approximate surface area is 163 Å². The first-order valence-corrected chi connectivity index (χ1v) is 9.07. The van der Waals surface area contributed by atoms with E-state index in [1.54, 1.807) is 23.2 Å². The van der Waals surface area contributed by atoms with Crippen LogP contribution in [0.4, 0.5) is 0 Å². The second kappa shape index (κ2) is 8.84. The summed E-state index contributed by atoms with van der Waals surface area (Å²) in [7, 11) is 0. The summed E-state index contributed by atoms with van der Waals surface area (Å²) in [4.78, 5) is 19.2. The van der Waals surface area contributed by atoms with Gasteiger partial charge in [0.05, 0.1) is 10.6 Å². The fraction of sp³-hybridized carbons (Fsp3) is 0.143. The van der Waals surface area contributed by atoms with E-state index in [2.05, 4.69) is 4.98 Å². The maximum Gasteiger partial charge on any atom is 0.255 e. The normalized spacial score (nSPS) is 10.5. The van der Waals surface area contributed by atoms with E-state index in [0.29, 0.717) is 35.1 Å². The first kappa shape index (κ1) is 18.4. The number of amides is 1. The van der Waals surface area contributed by atoms with Gasteiger partial charge in [0.1, 0.15) is 0 Å². The number of nitrogens with zero attached hydrogens (tertiary/aromatic N) is 2. The van der Waals surface area contributed by atoms with Gasteiger partial charge in [-0.05, 0) is 42.0 Å². The van der Waals surface area contributed by atoms with Gasteiger partial charge in [-0.3, -0.25) is 9.78 Å². The molecule has 132 valence electrons. The molecule has 0 bridgehead atoms. The molecule has 0 unspecified atom stereocenters. The third-order valence-electron chi connectivity index (χ3n) is 4.04. The first-order chi connectivity index (χ1) is 12.6. The average Bonchev–Trinajstić information content (AvgIpc) is 2.67. The number of benzene rings is 2. The zero-order chi connectivity index (χ0) is 18.4. The molecule has 26 heavy (non-hydrogen) atoms. The summed E-state index contributed by atoms with van der Waals surface area (Å²) in [5, 5.41) is 1.13. The second-order valence-electron chi connectivity index (χ2n) is 5.90. The van der Waals surface area contributed by atoms with Crippen molar-refractivity contribution in [1.82, 2.24) is 9.88 Å². The van der Waals surface area contributed by atoms with Crippen molar-refractivity contribution in [3.63, 3.8) is 0 Å². The standard InChI is InChI=1S/C21H18Cl2N2O/c22-17-10-8-16(9-11-17)15-25(14-12-18-5-3-4-13-24-18)21(26)19-6-1-2-7-20(19)23/h1-11,13H,12,14-15H2. The molecule has 5 heteroatoms. The highest BCUT2D eigenvalue weighted by Gasteiger charge is 2.18. The van der Waals surface area contributed by atoms with Crippen LogP contribution in [0.3, 0.4) is 0 Å². The van der Waals surface area contributed by atoms with Gasteiger partial charge >= 0.3 is 0 Å². The van der Waals surface area contributed by atoms with Gasteiger partial charge in [-0.15, -0.1) is 0 Å². The van der Waals surface area contributed by atoms with Crippen LogP contribution in [0.15, 0.2) is 72.9 Å². The number of carbonyl (C=O) groups is 1. The van der Waals surface area contributed by atoms with E-state index in [1.165, 1.54) is 0 Å². The second-order valence-corrected chi connectivity index (χ2v) is 6.75. The number of pyridine rings is 1. The van der Waals surface area contributed by atoms with Crippen molar-refractivity contribution >= 4 is 29.1 Å². The smallest absolute Gasteiger partial charge is 0.255 e. The summed E-state index contributed by atoms with van der Waals surface area (Å²) in [5.41, 5.74) is 2.46. The summed E-state index contributed by atoms with van der Waals surface area (Å²) in [6.45, 7) is 1.03. The lowest BCUT2D eigenvalue weighted by Gasteiger charge is -2.23. The molecule has 1 heterocycles. The molecule has 0 spiro atoms. The SMILES string of the molecule is O=C(c1ccccc1Cl)N(CCc1ccccn1)Cc1ccc(Cl)cc1. The summed E-state index contributed by atoms with van der Waals surface area (Å²) in [6, 6.07) is 20.4. The molecule has 0 aliphatic rings. The monoisotopic (exact) mass is 384 g/mol. The molecule has 0 N–H and O–H groups in total. The van der Waals surface area contributed by atoms with Crippen molar-refractivity contribution in [1.29, 1.82) is 0 Å². The molecule has 3 rings (SSSR count). The van der Waals surface area contributed by atoms with Gasteiger partial charge in [0, 0.05) is 36.4 Å². The molecule has 0 saturated heterocycles. The van der Waals surface area contributed by atoms with Crippen molar-refractivity contribution in [3.05, 3.63) is 99.8 Å². The number of rotatable bonds is 6. The van der Waals surface area contributed by atoms with Crippen LogP contribution in [0.5, 0.6) is 0 Å². The number of hydrogen-bond acceptors (Lipinski definition) is 2. The van der Waals surface area contributed by atoms with Gasteiger partial charge in [-0.1, -0.05) is 53.5 Å². The highest BCUT2D eigenvalue weighted by molar-refractivity contribution is 6.33. The molecule has 0 radical (unpaired) electrons. The van der Waals surface area contributed by atoms with Gasteiger partial charge in [-0.2, -0.15) is 0 Å². The Morgan fingerprint density at radius 3 is 2.35 bits per heavy atom. The third kappa shape index (κ3) is 4.84. The van der Waals surface area contributed by atoms with E-state index in [9.17, 15) is 4.79 Å². The molecular formula is C21H18Cl2N2O. The molecule has 2 aromatic carbocycles. The fourth-order valence-corrected chi connectivity index (χ4v) is 3.01. The minimum absolute atomic E-state index is 0.0959. The summed E-state index contributed by atoms with van der Waals surface area (Å²) in [5.74, 6) is -0.0959. The number of hydrogen-bond donors (Lipinski definition) is 0. The van der Waals surface area contributed by atoms with Crippen LogP contribution in [0.1, 0.15) is 21.6 Å². The van der Waals surface area contributed by atoms with E-state index in [-0.39, 0.29) is 5.91 Å². The van der Waals surface area contributed by atoms with Gasteiger partial charge in [0.25, 0.3) is 5.91 Å². The molecule has 3 aromatic rings. The molecule has 0 fully saturated rings. The van der Waals surface area contributed by atoms with Crippen molar-refractivity contribution in [2.24, 2.45) is 0 Å². The maximum absolute atomic E-state index is 13.1. The lowest BCUT2D eigenvalue weighted by Crippen LogP contribution is -2.32. The predicted octanol–water partition coefficient (Wildman–Crippen LogP) is 5.27. The van der Waals surface area contributed by atoms with E-state index < -0.39 is 0 Å². The Morgan fingerprint density at radius 1 is 0.923 bits per heavy atom. The van der Waals surface area contributed by atoms with Gasteiger partial charge < -0.3 is 4.90 Å². The van der Waals surface area contributed by atoms with Crippen molar-refractivity contribution in [3.8, 4) is 0 Å². The summed E-state index contributed by atoms with van der Waals surface area (Å²) < 4.78 is 0. The molecule has 0 atom stereocenters. The lowest BCUT2D eigenvalue weighted by molar-refractivity contribution is 0.0745. The maximum atomic E-state index is 13.1. The molecule has 0 aliphatic carbocycles. The van der Waals surface area contributed by atoms with Crippen molar-refractivity contribution < 1.29 is 4.79 Å². The van der Waals surface area contributed by atoms with Gasteiger partial charge in [0.2, 0.25) is 0 Å². The molecule has 0 saturated carbocycles. The van der Waals surface area contributed by atoms with Crippen molar-refractivity contribution in [2.75, 3.05) is 6.54 Å². The first-order valence-electron chi connectivity index (χ1n) is 8.31. The summed E-state index contributed by atoms with van der Waals surface area (Å²) >= 11 is 12.2. The van der Waals surface area contributed by atoms with Crippen LogP contribution in [-0.4, -0.2) is 22.3 Å². The highest BCUT2D eigenvalue weighted by Crippen LogP contribution is 2.19. The van der Waals surface area contributed by atoms with E-state index in [0.717, 1.165) is 11.3 Å². The largest absolute Gasteiger partial charge is 0.334 e. The Kier molecular flexibility index (Phi) is 6.26. The highest BCUT2D eigenvalue weighted by atomic mass is 35.5. The molecule has 3 nitrogen and oxygen atoms in total. The zero-order valence-corrected chi connectivity index (χ0v) is 15.6. The van der Waals surface area contributed by atoms with Crippen LogP contribution in [0.2, 0.25) is 10.0 Å². The minimum atomic E-state index is -0.0959. The Bertz CT molecular complexity index is 867. The molecule has 0 aliphatic heterocycles. The van der Waals surface area contributed by atoms with E-state index in [4.69, 9.17) is 23.2 Å². The fourth-order valence-electron chi connectivity index (χ4n) is 2.66. The Balaban J connectivity index is 1.81. The predicted molar refractivity (Wildman–Crippen MR) is 106 cm³/mol. The van der Waals surface area contributed by atoms with E-state index in [1.807, 2.05) is 54.6 Å². The Hall–Kier alpha value is -2.36. The zero-order valence-electron chi connectivity index (χ0n) is 14.1. The third-order valence-corrected chi connectivity index (χ3v) is 4.62. The van der Waals surface area contributed by atoms with Crippen molar-refractivity contribution in [2.45, 2.75) is 13.0 Å². The molecule has 1 aromatic heterocycles. The van der Waals surface area contributed by atoms with E-state index >= 15 is 0 Å².